The summed E-state index contributed by atoms with van der Waals surface area (Å²) < 4.78 is 0. The van der Waals surface area contributed by atoms with Crippen molar-refractivity contribution in [2.24, 2.45) is 29.4 Å². The molecule has 0 aliphatic heterocycles. The lowest BCUT2D eigenvalue weighted by molar-refractivity contribution is -0.129. The molecule has 2 saturated carbocycles. The molecule has 8 heteroatoms. The third-order valence-corrected chi connectivity index (χ3v) is 9.98. The van der Waals surface area contributed by atoms with Crippen molar-refractivity contribution >= 4 is 34.1 Å². The Kier molecular flexibility index (Phi) is 9.50. The maximum Gasteiger partial charge on any atom is 0.228 e. The van der Waals surface area contributed by atoms with Crippen LogP contribution in [0.4, 0.5) is 5.69 Å². The van der Waals surface area contributed by atoms with Crippen molar-refractivity contribution in [2.45, 2.75) is 71.1 Å². The molecule has 2 aromatic carbocycles. The first-order chi connectivity index (χ1) is 21.9. The lowest BCUT2D eigenvalue weighted by Gasteiger charge is -2.27. The molecule has 2 aliphatic carbocycles. The summed E-state index contributed by atoms with van der Waals surface area (Å²) in [5.74, 6) is 0.624. The van der Waals surface area contributed by atoms with Gasteiger partial charge in [0.05, 0.1) is 11.7 Å². The van der Waals surface area contributed by atoms with Crippen molar-refractivity contribution < 1.29 is 14.4 Å². The van der Waals surface area contributed by atoms with E-state index in [4.69, 9.17) is 5.73 Å². The molecule has 45 heavy (non-hydrogen) atoms. The summed E-state index contributed by atoms with van der Waals surface area (Å²) in [5, 5.41) is 11.0. The van der Waals surface area contributed by atoms with Crippen molar-refractivity contribution in [3.8, 4) is 11.1 Å². The summed E-state index contributed by atoms with van der Waals surface area (Å²) in [7, 11) is 0. The van der Waals surface area contributed by atoms with Gasteiger partial charge < -0.3 is 11.1 Å². The van der Waals surface area contributed by atoms with Crippen LogP contribution in [0.3, 0.4) is 0 Å². The Morgan fingerprint density at radius 3 is 2.42 bits per heavy atom. The third kappa shape index (κ3) is 7.39. The molecule has 0 unspecified atom stereocenters. The van der Waals surface area contributed by atoms with Crippen LogP contribution in [0, 0.1) is 30.6 Å². The van der Waals surface area contributed by atoms with Gasteiger partial charge in [0, 0.05) is 47.0 Å². The molecule has 2 aromatic heterocycles. The summed E-state index contributed by atoms with van der Waals surface area (Å²) in [6.45, 7) is 2.61. The van der Waals surface area contributed by atoms with Gasteiger partial charge in [-0.3, -0.25) is 19.5 Å². The molecule has 0 bridgehead atoms. The van der Waals surface area contributed by atoms with Gasteiger partial charge in [-0.25, -0.2) is 4.98 Å². The molecule has 1 atom stereocenters. The standard InChI is InChI=1S/C37H43N5O3/c1-23-32(15-16-33(40-23)36(44)18-24-3-2-4-24)27-9-5-25(6-10-27)17-30(19-35(43)28-11-7-26(21-38)8-12-28)37(45)41-31-14-13-29-22-39-42-34(29)20-31/h5-6,9-10,13-16,20,22,24,26,28,30H,2-4,7-8,11-12,17-19,21,38H2,1H3,(H,39,42)(H,41,45)/t26?,28?,30-/m1/s1. The number of Topliss-reactive ketones (excluding diaryl/α,β-unsaturated/α-hetero) is 2. The summed E-state index contributed by atoms with van der Waals surface area (Å²) in [6, 6.07) is 17.6. The van der Waals surface area contributed by atoms with Gasteiger partial charge in [-0.1, -0.05) is 49.6 Å². The van der Waals surface area contributed by atoms with Crippen LogP contribution >= 0.6 is 0 Å². The van der Waals surface area contributed by atoms with E-state index in [2.05, 4.69) is 20.5 Å². The lowest BCUT2D eigenvalue weighted by atomic mass is 9.77. The average Bonchev–Trinajstić information content (AvgIpc) is 3.51. The highest BCUT2D eigenvalue weighted by Gasteiger charge is 2.30. The van der Waals surface area contributed by atoms with Gasteiger partial charge in [-0.05, 0) is 92.8 Å². The van der Waals surface area contributed by atoms with Crippen LogP contribution in [0.1, 0.15) is 79.5 Å². The van der Waals surface area contributed by atoms with E-state index in [9.17, 15) is 14.4 Å². The van der Waals surface area contributed by atoms with Crippen molar-refractivity contribution in [1.82, 2.24) is 15.2 Å². The number of rotatable bonds is 12. The molecule has 8 nitrogen and oxygen atoms in total. The summed E-state index contributed by atoms with van der Waals surface area (Å²) in [6.07, 6.45) is 10.1. The van der Waals surface area contributed by atoms with E-state index in [-0.39, 0.29) is 29.8 Å². The number of nitrogens with zero attached hydrogens (tertiary/aromatic N) is 2. The number of hydrogen-bond donors (Lipinski definition) is 3. The normalized spacial score (nSPS) is 19.2. The maximum absolute atomic E-state index is 13.7. The second-order valence-corrected chi connectivity index (χ2v) is 13.1. The molecule has 0 radical (unpaired) electrons. The maximum atomic E-state index is 13.7. The Balaban J connectivity index is 1.16. The predicted molar refractivity (Wildman–Crippen MR) is 177 cm³/mol. The van der Waals surface area contributed by atoms with E-state index in [1.807, 2.05) is 61.5 Å². The monoisotopic (exact) mass is 605 g/mol. The largest absolute Gasteiger partial charge is 0.330 e. The fourth-order valence-electron chi connectivity index (χ4n) is 6.84. The molecule has 0 saturated heterocycles. The number of aryl methyl sites for hydroxylation is 1. The van der Waals surface area contributed by atoms with E-state index in [0.29, 0.717) is 42.6 Å². The van der Waals surface area contributed by atoms with Crippen LogP contribution in [0.15, 0.2) is 60.8 Å². The lowest BCUT2D eigenvalue weighted by Crippen LogP contribution is -2.31. The van der Waals surface area contributed by atoms with Gasteiger partial charge >= 0.3 is 0 Å². The number of fused-ring (bicyclic) bond motifs is 1. The number of amides is 1. The van der Waals surface area contributed by atoms with Crippen molar-refractivity contribution in [2.75, 3.05) is 11.9 Å². The smallest absolute Gasteiger partial charge is 0.228 e. The topological polar surface area (TPSA) is 131 Å². The number of hydrogen-bond acceptors (Lipinski definition) is 6. The molecule has 2 heterocycles. The quantitative estimate of drug-likeness (QED) is 0.152. The number of aromatic amines is 1. The first kappa shape index (κ1) is 30.8. The Hall–Kier alpha value is -4.17. The Morgan fingerprint density at radius 2 is 1.73 bits per heavy atom. The SMILES string of the molecule is Cc1nc(C(=O)CC2CCC2)ccc1-c1ccc(C[C@H](CC(=O)C2CCC(CN)CC2)C(=O)Nc2ccc3cn[nH]c3c2)cc1. The van der Waals surface area contributed by atoms with Crippen LogP contribution in [0.2, 0.25) is 0 Å². The number of aromatic nitrogens is 3. The number of nitrogens with one attached hydrogen (secondary N) is 2. The zero-order valence-corrected chi connectivity index (χ0v) is 26.1. The van der Waals surface area contributed by atoms with Crippen LogP contribution in [-0.2, 0) is 16.0 Å². The molecule has 0 spiro atoms. The average molecular weight is 606 g/mol. The van der Waals surface area contributed by atoms with Crippen LogP contribution in [-0.4, -0.2) is 39.2 Å². The van der Waals surface area contributed by atoms with Gasteiger partial charge in [0.25, 0.3) is 0 Å². The highest BCUT2D eigenvalue weighted by atomic mass is 16.2. The number of H-pyrrole nitrogens is 1. The van der Waals surface area contributed by atoms with Gasteiger partial charge in [-0.2, -0.15) is 5.10 Å². The van der Waals surface area contributed by atoms with Crippen LogP contribution < -0.4 is 11.1 Å². The van der Waals surface area contributed by atoms with Gasteiger partial charge in [0.15, 0.2) is 5.78 Å². The minimum absolute atomic E-state index is 0.00846. The summed E-state index contributed by atoms with van der Waals surface area (Å²) in [5.41, 5.74) is 11.7. The number of carbonyl (C=O) groups excluding carboxylic acids is 3. The van der Waals surface area contributed by atoms with Crippen molar-refractivity contribution in [1.29, 1.82) is 0 Å². The van der Waals surface area contributed by atoms with E-state index >= 15 is 0 Å². The predicted octanol–water partition coefficient (Wildman–Crippen LogP) is 6.83. The number of anilines is 1. The number of ketones is 2. The number of nitrogens with two attached hydrogens (primary N) is 1. The fourth-order valence-corrected chi connectivity index (χ4v) is 6.84. The molecule has 1 amide bonds. The zero-order chi connectivity index (χ0) is 31.3. The van der Waals surface area contributed by atoms with Crippen LogP contribution in [0.25, 0.3) is 22.0 Å². The van der Waals surface area contributed by atoms with Crippen molar-refractivity contribution in [3.05, 3.63) is 77.7 Å². The third-order valence-electron chi connectivity index (χ3n) is 9.98. The van der Waals surface area contributed by atoms with Gasteiger partial charge in [0.2, 0.25) is 5.91 Å². The highest BCUT2D eigenvalue weighted by Crippen LogP contribution is 2.33. The van der Waals surface area contributed by atoms with Gasteiger partial charge in [0.1, 0.15) is 11.5 Å². The van der Waals surface area contributed by atoms with Crippen LogP contribution in [0.5, 0.6) is 0 Å². The number of benzene rings is 2. The zero-order valence-electron chi connectivity index (χ0n) is 26.1. The molecule has 2 aliphatic rings. The Bertz CT molecular complexity index is 1670. The Morgan fingerprint density at radius 1 is 0.956 bits per heavy atom. The van der Waals surface area contributed by atoms with Crippen molar-refractivity contribution in [3.63, 3.8) is 0 Å². The molecule has 2 fully saturated rings. The minimum atomic E-state index is -0.502. The molecular formula is C37H43N5O3. The highest BCUT2D eigenvalue weighted by molar-refractivity contribution is 5.97. The molecular weight excluding hydrogens is 562 g/mol. The summed E-state index contributed by atoms with van der Waals surface area (Å²) in [4.78, 5) is 44.5. The van der Waals surface area contributed by atoms with Gasteiger partial charge in [-0.15, -0.1) is 0 Å². The van der Waals surface area contributed by atoms with E-state index in [0.717, 1.165) is 71.8 Å². The summed E-state index contributed by atoms with van der Waals surface area (Å²) >= 11 is 0. The Labute approximate surface area is 264 Å². The molecule has 4 aromatic rings. The van der Waals surface area contributed by atoms with E-state index in [1.165, 1.54) is 6.42 Å². The fraction of sp³-hybridized carbons (Fsp3) is 0.432. The number of carbonyl (C=O) groups is 3. The minimum Gasteiger partial charge on any atom is -0.330 e. The molecule has 6 rings (SSSR count). The van der Waals surface area contributed by atoms with E-state index in [1.54, 1.807) is 6.20 Å². The molecule has 4 N–H and O–H groups in total. The number of pyridine rings is 1. The van der Waals surface area contributed by atoms with E-state index < -0.39 is 5.92 Å². The second kappa shape index (κ2) is 13.9. The second-order valence-electron chi connectivity index (χ2n) is 13.1. The first-order valence-corrected chi connectivity index (χ1v) is 16.4. The molecule has 234 valence electrons. The first-order valence-electron chi connectivity index (χ1n) is 16.4.